The van der Waals surface area contributed by atoms with Crippen LogP contribution in [0, 0.1) is 6.92 Å². The average molecular weight is 410 g/mol. The maximum Gasteiger partial charge on any atom is 0.357 e. The van der Waals surface area contributed by atoms with E-state index in [9.17, 15) is 4.79 Å². The van der Waals surface area contributed by atoms with E-state index in [0.29, 0.717) is 24.0 Å². The molecule has 25 heavy (non-hydrogen) atoms. The summed E-state index contributed by atoms with van der Waals surface area (Å²) in [6, 6.07) is 0.411. The fourth-order valence-electron chi connectivity index (χ4n) is 3.47. The van der Waals surface area contributed by atoms with E-state index >= 15 is 0 Å². The van der Waals surface area contributed by atoms with Crippen LogP contribution in [0.3, 0.4) is 0 Å². The van der Waals surface area contributed by atoms with Crippen LogP contribution in [0.25, 0.3) is 5.65 Å². The fraction of sp³-hybridized carbons (Fsp3) is 0.588. The Morgan fingerprint density at radius 2 is 2.16 bits per heavy atom. The molecule has 0 atom stereocenters. The van der Waals surface area contributed by atoms with Crippen LogP contribution in [0.15, 0.2) is 10.7 Å². The van der Waals surface area contributed by atoms with Crippen LogP contribution >= 0.6 is 15.9 Å². The van der Waals surface area contributed by atoms with E-state index in [-0.39, 0.29) is 0 Å². The first-order valence-electron chi connectivity index (χ1n) is 8.76. The SMILES string of the molecule is CCOC(=O)c1nc2c(Br)cnn2c(N(CC)C2CCNCC2)c1C. The summed E-state index contributed by atoms with van der Waals surface area (Å²) in [6.07, 6.45) is 3.85. The highest BCUT2D eigenvalue weighted by Gasteiger charge is 2.28. The lowest BCUT2D eigenvalue weighted by Gasteiger charge is -2.36. The first-order valence-corrected chi connectivity index (χ1v) is 9.56. The van der Waals surface area contributed by atoms with Crippen molar-refractivity contribution in [2.24, 2.45) is 0 Å². The Morgan fingerprint density at radius 1 is 1.44 bits per heavy atom. The van der Waals surface area contributed by atoms with Crippen molar-refractivity contribution in [1.82, 2.24) is 19.9 Å². The highest BCUT2D eigenvalue weighted by atomic mass is 79.9. The third kappa shape index (κ3) is 3.37. The van der Waals surface area contributed by atoms with Gasteiger partial charge in [0.25, 0.3) is 0 Å². The molecule has 0 bridgehead atoms. The molecule has 7 nitrogen and oxygen atoms in total. The highest BCUT2D eigenvalue weighted by Crippen LogP contribution is 2.30. The third-order valence-electron chi connectivity index (χ3n) is 4.64. The molecule has 2 aromatic heterocycles. The van der Waals surface area contributed by atoms with Crippen LogP contribution in [-0.4, -0.2) is 52.9 Å². The minimum absolute atomic E-state index is 0.326. The number of nitrogens with zero attached hydrogens (tertiary/aromatic N) is 4. The number of hydrogen-bond donors (Lipinski definition) is 1. The molecular formula is C17H24BrN5O2. The van der Waals surface area contributed by atoms with Gasteiger partial charge in [-0.3, -0.25) is 0 Å². The molecule has 1 aliphatic heterocycles. The van der Waals surface area contributed by atoms with Crippen molar-refractivity contribution in [2.45, 2.75) is 39.7 Å². The molecule has 1 saturated heterocycles. The lowest BCUT2D eigenvalue weighted by atomic mass is 10.0. The van der Waals surface area contributed by atoms with Crippen molar-refractivity contribution < 1.29 is 9.53 Å². The predicted molar refractivity (Wildman–Crippen MR) is 100 cm³/mol. The van der Waals surface area contributed by atoms with Crippen LogP contribution in [-0.2, 0) is 4.74 Å². The molecule has 3 heterocycles. The molecule has 1 N–H and O–H groups in total. The second kappa shape index (κ2) is 7.70. The van der Waals surface area contributed by atoms with Crippen molar-refractivity contribution in [3.05, 3.63) is 21.9 Å². The van der Waals surface area contributed by atoms with Gasteiger partial charge in [-0.05, 0) is 62.6 Å². The van der Waals surface area contributed by atoms with Gasteiger partial charge in [-0.2, -0.15) is 9.61 Å². The Hall–Kier alpha value is -1.67. The van der Waals surface area contributed by atoms with Gasteiger partial charge in [0.15, 0.2) is 11.3 Å². The first-order chi connectivity index (χ1) is 12.1. The number of halogens is 1. The number of esters is 1. The van der Waals surface area contributed by atoms with Crippen molar-refractivity contribution in [1.29, 1.82) is 0 Å². The lowest BCUT2D eigenvalue weighted by molar-refractivity contribution is 0.0518. The minimum atomic E-state index is -0.391. The quantitative estimate of drug-likeness (QED) is 0.764. The van der Waals surface area contributed by atoms with Gasteiger partial charge in [-0.15, -0.1) is 0 Å². The molecule has 3 rings (SSSR count). The molecule has 8 heteroatoms. The lowest BCUT2D eigenvalue weighted by Crippen LogP contribution is -2.44. The molecule has 0 amide bonds. The molecule has 0 unspecified atom stereocenters. The zero-order valence-corrected chi connectivity index (χ0v) is 16.5. The monoisotopic (exact) mass is 409 g/mol. The molecule has 0 aliphatic carbocycles. The molecule has 0 spiro atoms. The van der Waals surface area contributed by atoms with Crippen LogP contribution in [0.5, 0.6) is 0 Å². The molecule has 2 aromatic rings. The molecule has 0 saturated carbocycles. The molecule has 0 radical (unpaired) electrons. The third-order valence-corrected chi connectivity index (χ3v) is 5.20. The predicted octanol–water partition coefficient (Wildman–Crippen LogP) is 2.56. The topological polar surface area (TPSA) is 71.8 Å². The van der Waals surface area contributed by atoms with Crippen LogP contribution in [0.2, 0.25) is 0 Å². The molecule has 136 valence electrons. The first kappa shape index (κ1) is 18.1. The average Bonchev–Trinajstić information content (AvgIpc) is 2.99. The summed E-state index contributed by atoms with van der Waals surface area (Å²) < 4.78 is 7.80. The summed E-state index contributed by atoms with van der Waals surface area (Å²) in [5.41, 5.74) is 1.80. The van der Waals surface area contributed by atoms with Gasteiger partial charge in [0.1, 0.15) is 5.82 Å². The highest BCUT2D eigenvalue weighted by molar-refractivity contribution is 9.10. The van der Waals surface area contributed by atoms with Gasteiger partial charge < -0.3 is 15.0 Å². The van der Waals surface area contributed by atoms with Gasteiger partial charge in [0, 0.05) is 18.2 Å². The van der Waals surface area contributed by atoms with Crippen molar-refractivity contribution in [2.75, 3.05) is 31.1 Å². The Kier molecular flexibility index (Phi) is 5.58. The van der Waals surface area contributed by atoms with E-state index in [4.69, 9.17) is 4.74 Å². The largest absolute Gasteiger partial charge is 0.461 e. The van der Waals surface area contributed by atoms with Gasteiger partial charge in [-0.1, -0.05) is 0 Å². The summed E-state index contributed by atoms with van der Waals surface area (Å²) in [5.74, 6) is 0.534. The van der Waals surface area contributed by atoms with Gasteiger partial charge in [0.05, 0.1) is 17.3 Å². The van der Waals surface area contributed by atoms with E-state index < -0.39 is 5.97 Å². The molecule has 1 aliphatic rings. The summed E-state index contributed by atoms with van der Waals surface area (Å²) in [5, 5.41) is 7.89. The standard InChI is InChI=1S/C17H24BrN5O2/c1-4-22(12-6-8-19-9-7-12)16-11(3)14(17(24)25-5-2)21-15-13(18)10-20-23(15)16/h10,12,19H,4-9H2,1-3H3. The number of carbonyl (C=O) groups is 1. The molecule has 1 fully saturated rings. The summed E-state index contributed by atoms with van der Waals surface area (Å²) in [4.78, 5) is 19.3. The smallest absolute Gasteiger partial charge is 0.357 e. The summed E-state index contributed by atoms with van der Waals surface area (Å²) in [7, 11) is 0. The van der Waals surface area contributed by atoms with Crippen molar-refractivity contribution in [3.8, 4) is 0 Å². The number of aromatic nitrogens is 3. The van der Waals surface area contributed by atoms with Crippen LogP contribution in [0.1, 0.15) is 42.7 Å². The number of rotatable bonds is 5. The zero-order valence-electron chi connectivity index (χ0n) is 14.9. The fourth-order valence-corrected chi connectivity index (χ4v) is 3.82. The normalized spacial score (nSPS) is 15.5. The van der Waals surface area contributed by atoms with E-state index in [2.05, 4.69) is 43.2 Å². The summed E-state index contributed by atoms with van der Waals surface area (Å²) in [6.45, 7) is 9.03. The number of nitrogens with one attached hydrogen (secondary N) is 1. The van der Waals surface area contributed by atoms with Crippen molar-refractivity contribution in [3.63, 3.8) is 0 Å². The van der Waals surface area contributed by atoms with Crippen molar-refractivity contribution >= 4 is 33.4 Å². The Morgan fingerprint density at radius 3 is 2.80 bits per heavy atom. The van der Waals surface area contributed by atoms with Crippen LogP contribution in [0.4, 0.5) is 5.82 Å². The maximum absolute atomic E-state index is 12.4. The second-order valence-corrected chi connectivity index (χ2v) is 6.98. The minimum Gasteiger partial charge on any atom is -0.461 e. The Balaban J connectivity index is 2.17. The van der Waals surface area contributed by atoms with E-state index in [0.717, 1.165) is 48.3 Å². The van der Waals surface area contributed by atoms with Gasteiger partial charge in [-0.25, -0.2) is 9.78 Å². The second-order valence-electron chi connectivity index (χ2n) is 6.12. The van der Waals surface area contributed by atoms with E-state index in [1.807, 2.05) is 11.4 Å². The van der Waals surface area contributed by atoms with Gasteiger partial charge in [0.2, 0.25) is 0 Å². The zero-order chi connectivity index (χ0) is 18.0. The number of hydrogen-bond acceptors (Lipinski definition) is 6. The van der Waals surface area contributed by atoms with Crippen LogP contribution < -0.4 is 10.2 Å². The number of fused-ring (bicyclic) bond motifs is 1. The molecule has 0 aromatic carbocycles. The maximum atomic E-state index is 12.4. The van der Waals surface area contributed by atoms with E-state index in [1.165, 1.54) is 0 Å². The number of anilines is 1. The Bertz CT molecular complexity index is 770. The number of carbonyl (C=O) groups excluding carboxylic acids is 1. The summed E-state index contributed by atoms with van der Waals surface area (Å²) >= 11 is 3.49. The Labute approximate surface area is 155 Å². The number of ether oxygens (including phenoxy) is 1. The van der Waals surface area contributed by atoms with E-state index in [1.54, 1.807) is 13.1 Å². The molecular weight excluding hydrogens is 386 g/mol. The number of piperidine rings is 1. The van der Waals surface area contributed by atoms with Gasteiger partial charge >= 0.3 is 5.97 Å².